The molecule has 0 aromatic heterocycles. The minimum Gasteiger partial charge on any atom is -0.516 e. The minimum absolute atomic E-state index is 1.02. The summed E-state index contributed by atoms with van der Waals surface area (Å²) in [5.41, 5.74) is 0. The van der Waals surface area contributed by atoms with Crippen molar-refractivity contribution in [2.24, 2.45) is 0 Å². The lowest BCUT2D eigenvalue weighted by Crippen LogP contribution is -1.76. The number of rotatable bonds is 8. The largest absolute Gasteiger partial charge is 0.516 e. The molecule has 0 fully saturated rings. The molecule has 13 heavy (non-hydrogen) atoms. The van der Waals surface area contributed by atoms with Crippen LogP contribution >= 0.6 is 0 Å². The summed E-state index contributed by atoms with van der Waals surface area (Å²) in [5, 5.41) is 8.38. The standard InChI is InChI=1S/C12H22O/c1-2-3-4-5-6-7-8-9-10-11-12-13/h3-4,11-13H,2,5-10H2,1H3/b4-3-,12-11-. The molecular weight excluding hydrogens is 160 g/mol. The third kappa shape index (κ3) is 11.3. The molecular formula is C12H22O. The summed E-state index contributed by atoms with van der Waals surface area (Å²) in [5.74, 6) is 0. The second kappa shape index (κ2) is 11.3. The van der Waals surface area contributed by atoms with Gasteiger partial charge < -0.3 is 5.11 Å². The van der Waals surface area contributed by atoms with Gasteiger partial charge in [0, 0.05) is 0 Å². The first-order valence-corrected chi connectivity index (χ1v) is 5.36. The van der Waals surface area contributed by atoms with Gasteiger partial charge in [0.05, 0.1) is 6.26 Å². The number of allylic oxidation sites excluding steroid dienone is 3. The van der Waals surface area contributed by atoms with Crippen molar-refractivity contribution in [3.8, 4) is 0 Å². The maximum absolute atomic E-state index is 8.38. The van der Waals surface area contributed by atoms with E-state index >= 15 is 0 Å². The predicted octanol–water partition coefficient (Wildman–Crippen LogP) is 4.36. The number of aliphatic hydroxyl groups is 1. The van der Waals surface area contributed by atoms with Crippen LogP contribution in [0.2, 0.25) is 0 Å². The monoisotopic (exact) mass is 182 g/mol. The third-order valence-electron chi connectivity index (χ3n) is 2.00. The lowest BCUT2D eigenvalue weighted by Gasteiger charge is -1.96. The van der Waals surface area contributed by atoms with Crippen molar-refractivity contribution < 1.29 is 5.11 Å². The van der Waals surface area contributed by atoms with Crippen LogP contribution in [0.5, 0.6) is 0 Å². The molecule has 0 bridgehead atoms. The van der Waals surface area contributed by atoms with Gasteiger partial charge in [-0.05, 0) is 32.1 Å². The molecule has 0 aliphatic heterocycles. The molecule has 0 rings (SSSR count). The normalized spacial score (nSPS) is 11.8. The fourth-order valence-electron chi connectivity index (χ4n) is 1.24. The molecule has 0 spiro atoms. The molecule has 1 heteroatoms. The van der Waals surface area contributed by atoms with Gasteiger partial charge in [0.15, 0.2) is 0 Å². The number of unbranched alkanes of at least 4 members (excludes halogenated alkanes) is 5. The maximum Gasteiger partial charge on any atom is 0.0751 e. The SMILES string of the molecule is CC/C=C\CCCCCC/C=C\O. The van der Waals surface area contributed by atoms with Crippen LogP contribution in [0.3, 0.4) is 0 Å². The van der Waals surface area contributed by atoms with Crippen molar-refractivity contribution in [3.63, 3.8) is 0 Å². The Morgan fingerprint density at radius 2 is 1.46 bits per heavy atom. The Hall–Kier alpha value is -0.720. The van der Waals surface area contributed by atoms with Crippen LogP contribution in [0.25, 0.3) is 0 Å². The van der Waals surface area contributed by atoms with Gasteiger partial charge in [0.2, 0.25) is 0 Å². The summed E-state index contributed by atoms with van der Waals surface area (Å²) >= 11 is 0. The van der Waals surface area contributed by atoms with E-state index in [1.165, 1.54) is 32.1 Å². The van der Waals surface area contributed by atoms with E-state index in [0.29, 0.717) is 0 Å². The first-order valence-electron chi connectivity index (χ1n) is 5.36. The Bertz CT molecular complexity index is 136. The molecule has 0 aromatic carbocycles. The summed E-state index contributed by atoms with van der Waals surface area (Å²) < 4.78 is 0. The van der Waals surface area contributed by atoms with E-state index in [4.69, 9.17) is 5.11 Å². The molecule has 0 radical (unpaired) electrons. The molecule has 0 saturated heterocycles. The molecule has 76 valence electrons. The summed E-state index contributed by atoms with van der Waals surface area (Å²) in [6, 6.07) is 0. The van der Waals surface area contributed by atoms with Gasteiger partial charge >= 0.3 is 0 Å². The number of hydrogen-bond donors (Lipinski definition) is 1. The molecule has 0 aliphatic carbocycles. The summed E-state index contributed by atoms with van der Waals surface area (Å²) in [6.45, 7) is 2.16. The Morgan fingerprint density at radius 1 is 0.846 bits per heavy atom. The quantitative estimate of drug-likeness (QED) is 0.336. The van der Waals surface area contributed by atoms with Crippen LogP contribution in [0.4, 0.5) is 0 Å². The zero-order valence-corrected chi connectivity index (χ0v) is 8.71. The molecule has 0 atom stereocenters. The van der Waals surface area contributed by atoms with Gasteiger partial charge in [0.1, 0.15) is 0 Å². The number of hydrogen-bond acceptors (Lipinski definition) is 1. The second-order valence-electron chi connectivity index (χ2n) is 3.26. The van der Waals surface area contributed by atoms with Crippen molar-refractivity contribution >= 4 is 0 Å². The Balaban J connectivity index is 2.95. The maximum atomic E-state index is 8.38. The summed E-state index contributed by atoms with van der Waals surface area (Å²) in [7, 11) is 0. The average Bonchev–Trinajstić information content (AvgIpc) is 2.16. The highest BCUT2D eigenvalue weighted by Gasteiger charge is 1.86. The van der Waals surface area contributed by atoms with Crippen molar-refractivity contribution in [2.45, 2.75) is 51.9 Å². The Kier molecular flexibility index (Phi) is 10.7. The molecule has 0 saturated carbocycles. The van der Waals surface area contributed by atoms with Gasteiger partial charge in [0.25, 0.3) is 0 Å². The highest BCUT2D eigenvalue weighted by molar-refractivity contribution is 4.79. The fourth-order valence-corrected chi connectivity index (χ4v) is 1.24. The van der Waals surface area contributed by atoms with Crippen molar-refractivity contribution in [1.29, 1.82) is 0 Å². The highest BCUT2D eigenvalue weighted by atomic mass is 16.2. The molecule has 1 N–H and O–H groups in total. The molecule has 1 nitrogen and oxygen atoms in total. The van der Waals surface area contributed by atoms with Crippen LogP contribution < -0.4 is 0 Å². The van der Waals surface area contributed by atoms with E-state index in [9.17, 15) is 0 Å². The van der Waals surface area contributed by atoms with E-state index in [-0.39, 0.29) is 0 Å². The first kappa shape index (κ1) is 12.3. The lowest BCUT2D eigenvalue weighted by molar-refractivity contribution is 0.469. The molecule has 0 aliphatic rings. The second-order valence-corrected chi connectivity index (χ2v) is 3.26. The van der Waals surface area contributed by atoms with Gasteiger partial charge in [-0.1, -0.05) is 38.0 Å². The van der Waals surface area contributed by atoms with Gasteiger partial charge in [-0.25, -0.2) is 0 Å². The molecule has 0 aromatic rings. The van der Waals surface area contributed by atoms with Crippen LogP contribution in [0, 0.1) is 0 Å². The van der Waals surface area contributed by atoms with E-state index in [1.54, 1.807) is 0 Å². The minimum atomic E-state index is 1.02. The zero-order chi connectivity index (χ0) is 9.78. The van der Waals surface area contributed by atoms with E-state index in [1.807, 2.05) is 6.08 Å². The number of aliphatic hydroxyl groups excluding tert-OH is 1. The van der Waals surface area contributed by atoms with Crippen molar-refractivity contribution in [2.75, 3.05) is 0 Å². The smallest absolute Gasteiger partial charge is 0.0751 e. The van der Waals surface area contributed by atoms with E-state index in [2.05, 4.69) is 19.1 Å². The topological polar surface area (TPSA) is 20.2 Å². The highest BCUT2D eigenvalue weighted by Crippen LogP contribution is 2.06. The van der Waals surface area contributed by atoms with Crippen LogP contribution in [0.15, 0.2) is 24.5 Å². The molecule has 0 heterocycles. The Labute approximate surface area is 82.2 Å². The van der Waals surface area contributed by atoms with Gasteiger partial charge in [-0.3, -0.25) is 0 Å². The molecule has 0 unspecified atom stereocenters. The summed E-state index contributed by atoms with van der Waals surface area (Å²) in [6.07, 6.45) is 16.0. The van der Waals surface area contributed by atoms with E-state index < -0.39 is 0 Å². The van der Waals surface area contributed by atoms with Crippen LogP contribution in [0.1, 0.15) is 51.9 Å². The van der Waals surface area contributed by atoms with Crippen LogP contribution in [-0.4, -0.2) is 5.11 Å². The fraction of sp³-hybridized carbons (Fsp3) is 0.667. The zero-order valence-electron chi connectivity index (χ0n) is 8.71. The Morgan fingerprint density at radius 3 is 2.00 bits per heavy atom. The molecule has 0 amide bonds. The van der Waals surface area contributed by atoms with Gasteiger partial charge in [-0.2, -0.15) is 0 Å². The van der Waals surface area contributed by atoms with E-state index in [0.717, 1.165) is 19.1 Å². The summed E-state index contributed by atoms with van der Waals surface area (Å²) in [4.78, 5) is 0. The van der Waals surface area contributed by atoms with Crippen molar-refractivity contribution in [3.05, 3.63) is 24.5 Å². The predicted molar refractivity (Wildman–Crippen MR) is 58.9 cm³/mol. The van der Waals surface area contributed by atoms with Gasteiger partial charge in [-0.15, -0.1) is 0 Å². The third-order valence-corrected chi connectivity index (χ3v) is 2.00. The van der Waals surface area contributed by atoms with Crippen molar-refractivity contribution in [1.82, 2.24) is 0 Å². The first-order chi connectivity index (χ1) is 6.41. The average molecular weight is 182 g/mol. The van der Waals surface area contributed by atoms with Crippen LogP contribution in [-0.2, 0) is 0 Å². The lowest BCUT2D eigenvalue weighted by atomic mass is 10.1.